The van der Waals surface area contributed by atoms with Gasteiger partial charge in [-0.1, -0.05) is 23.2 Å². The molecule has 72 valence electrons. The molecule has 0 bridgehead atoms. The Hall–Kier alpha value is -1.26. The highest BCUT2D eigenvalue weighted by atomic mass is 35.5. The molecule has 14 heavy (non-hydrogen) atoms. The largest absolute Gasteiger partial charge is 0.477 e. The zero-order valence-electron chi connectivity index (χ0n) is 6.74. The van der Waals surface area contributed by atoms with Gasteiger partial charge >= 0.3 is 5.97 Å². The molecule has 6 heteroatoms. The average molecular weight is 231 g/mol. The van der Waals surface area contributed by atoms with E-state index in [2.05, 4.69) is 4.98 Å². The maximum atomic E-state index is 10.7. The fourth-order valence-electron chi connectivity index (χ4n) is 1.13. The van der Waals surface area contributed by atoms with E-state index in [1.54, 1.807) is 0 Å². The summed E-state index contributed by atoms with van der Waals surface area (Å²) in [7, 11) is 0. The SMILES string of the molecule is O=C(O)c1cnc2cc(Cl)c(Cl)cn12. The van der Waals surface area contributed by atoms with Crippen LogP contribution in [0.25, 0.3) is 5.65 Å². The Morgan fingerprint density at radius 1 is 1.43 bits per heavy atom. The molecule has 0 aliphatic rings. The van der Waals surface area contributed by atoms with Gasteiger partial charge in [0.05, 0.1) is 16.2 Å². The normalized spacial score (nSPS) is 10.7. The van der Waals surface area contributed by atoms with Gasteiger partial charge in [-0.3, -0.25) is 4.40 Å². The lowest BCUT2D eigenvalue weighted by atomic mass is 10.4. The number of imidazole rings is 1. The van der Waals surface area contributed by atoms with Gasteiger partial charge in [-0.05, 0) is 0 Å². The van der Waals surface area contributed by atoms with E-state index in [9.17, 15) is 4.79 Å². The number of hydrogen-bond acceptors (Lipinski definition) is 2. The molecule has 4 nitrogen and oxygen atoms in total. The zero-order chi connectivity index (χ0) is 10.3. The maximum absolute atomic E-state index is 10.7. The topological polar surface area (TPSA) is 54.6 Å². The second-order valence-electron chi connectivity index (χ2n) is 2.65. The summed E-state index contributed by atoms with van der Waals surface area (Å²) >= 11 is 11.5. The summed E-state index contributed by atoms with van der Waals surface area (Å²) in [4.78, 5) is 14.6. The Morgan fingerprint density at radius 3 is 2.79 bits per heavy atom. The molecular weight excluding hydrogens is 227 g/mol. The van der Waals surface area contributed by atoms with Crippen molar-refractivity contribution in [2.45, 2.75) is 0 Å². The van der Waals surface area contributed by atoms with Gasteiger partial charge in [-0.2, -0.15) is 0 Å². The van der Waals surface area contributed by atoms with Crippen LogP contribution in [0.1, 0.15) is 10.5 Å². The van der Waals surface area contributed by atoms with Gasteiger partial charge in [0.1, 0.15) is 5.65 Å². The second-order valence-corrected chi connectivity index (χ2v) is 3.46. The van der Waals surface area contributed by atoms with E-state index in [0.717, 1.165) is 0 Å². The lowest BCUT2D eigenvalue weighted by Gasteiger charge is -1.99. The summed E-state index contributed by atoms with van der Waals surface area (Å²) in [5, 5.41) is 9.44. The molecule has 2 rings (SSSR count). The van der Waals surface area contributed by atoms with Gasteiger partial charge < -0.3 is 5.11 Å². The van der Waals surface area contributed by atoms with E-state index < -0.39 is 5.97 Å². The first-order chi connectivity index (χ1) is 6.59. The second kappa shape index (κ2) is 3.15. The molecule has 0 amide bonds. The van der Waals surface area contributed by atoms with E-state index in [0.29, 0.717) is 15.7 Å². The quantitative estimate of drug-likeness (QED) is 0.819. The summed E-state index contributed by atoms with van der Waals surface area (Å²) in [5.74, 6) is -1.06. The number of fused-ring (bicyclic) bond motifs is 1. The van der Waals surface area contributed by atoms with Crippen molar-refractivity contribution in [2.24, 2.45) is 0 Å². The Bertz CT molecular complexity index is 521. The number of halogens is 2. The van der Waals surface area contributed by atoms with Crippen LogP contribution in [0, 0.1) is 0 Å². The molecule has 0 aromatic carbocycles. The van der Waals surface area contributed by atoms with E-state index in [4.69, 9.17) is 28.3 Å². The molecule has 2 aromatic rings. The van der Waals surface area contributed by atoms with Crippen LogP contribution in [-0.2, 0) is 0 Å². The lowest BCUT2D eigenvalue weighted by molar-refractivity contribution is 0.0689. The van der Waals surface area contributed by atoms with Gasteiger partial charge in [0.15, 0.2) is 5.69 Å². The van der Waals surface area contributed by atoms with Crippen molar-refractivity contribution < 1.29 is 9.90 Å². The number of carbonyl (C=O) groups is 1. The third-order valence-corrected chi connectivity index (χ3v) is 2.48. The minimum absolute atomic E-state index is 0.0542. The van der Waals surface area contributed by atoms with Gasteiger partial charge in [0.25, 0.3) is 0 Å². The number of pyridine rings is 1. The molecule has 1 N–H and O–H groups in total. The van der Waals surface area contributed by atoms with Crippen molar-refractivity contribution in [3.8, 4) is 0 Å². The number of hydrogen-bond donors (Lipinski definition) is 1. The number of rotatable bonds is 1. The summed E-state index contributed by atoms with van der Waals surface area (Å²) in [6.07, 6.45) is 2.68. The zero-order valence-corrected chi connectivity index (χ0v) is 8.25. The predicted octanol–water partition coefficient (Wildman–Crippen LogP) is 2.34. The van der Waals surface area contributed by atoms with Crippen LogP contribution in [0.5, 0.6) is 0 Å². The average Bonchev–Trinajstić information content (AvgIpc) is 2.48. The van der Waals surface area contributed by atoms with E-state index in [1.807, 2.05) is 0 Å². The fraction of sp³-hybridized carbons (Fsp3) is 0. The summed E-state index contributed by atoms with van der Waals surface area (Å²) in [6, 6.07) is 1.51. The highest BCUT2D eigenvalue weighted by Crippen LogP contribution is 2.23. The first kappa shape index (κ1) is 9.30. The minimum atomic E-state index is -1.06. The molecule has 2 aromatic heterocycles. The molecule has 2 heterocycles. The first-order valence-corrected chi connectivity index (χ1v) is 4.40. The van der Waals surface area contributed by atoms with E-state index >= 15 is 0 Å². The van der Waals surface area contributed by atoms with Gasteiger partial charge in [-0.25, -0.2) is 9.78 Å². The Balaban J connectivity index is 2.80. The molecule has 0 atom stereocenters. The first-order valence-electron chi connectivity index (χ1n) is 3.65. The smallest absolute Gasteiger partial charge is 0.354 e. The van der Waals surface area contributed by atoms with Crippen molar-refractivity contribution in [2.75, 3.05) is 0 Å². The number of aromatic carboxylic acids is 1. The molecule has 0 fully saturated rings. The Labute approximate surface area is 88.7 Å². The molecule has 0 aliphatic carbocycles. The van der Waals surface area contributed by atoms with Gasteiger partial charge in [-0.15, -0.1) is 0 Å². The van der Waals surface area contributed by atoms with Crippen LogP contribution in [0.15, 0.2) is 18.5 Å². The number of nitrogens with zero attached hydrogens (tertiary/aromatic N) is 2. The lowest BCUT2D eigenvalue weighted by Crippen LogP contribution is -2.01. The van der Waals surface area contributed by atoms with Crippen molar-refractivity contribution in [3.63, 3.8) is 0 Å². The molecule has 0 unspecified atom stereocenters. The van der Waals surface area contributed by atoms with Crippen LogP contribution < -0.4 is 0 Å². The predicted molar refractivity (Wildman–Crippen MR) is 52.2 cm³/mol. The summed E-state index contributed by atoms with van der Waals surface area (Å²) in [5.41, 5.74) is 0.510. The van der Waals surface area contributed by atoms with Crippen LogP contribution >= 0.6 is 23.2 Å². The molecule has 0 aliphatic heterocycles. The molecule has 0 saturated carbocycles. The van der Waals surface area contributed by atoms with Crippen LogP contribution in [0.2, 0.25) is 10.0 Å². The van der Waals surface area contributed by atoms with Gasteiger partial charge in [0, 0.05) is 12.3 Å². The fourth-order valence-corrected chi connectivity index (χ4v) is 1.43. The van der Waals surface area contributed by atoms with Crippen molar-refractivity contribution in [1.29, 1.82) is 0 Å². The summed E-state index contributed by atoms with van der Waals surface area (Å²) < 4.78 is 1.37. The number of carboxylic acids is 1. The molecule has 0 spiro atoms. The Kier molecular flexibility index (Phi) is 2.09. The van der Waals surface area contributed by atoms with Crippen molar-refractivity contribution >= 4 is 34.8 Å². The monoisotopic (exact) mass is 230 g/mol. The van der Waals surface area contributed by atoms with E-state index in [1.165, 1.54) is 22.9 Å². The molecule has 0 radical (unpaired) electrons. The summed E-state index contributed by atoms with van der Waals surface area (Å²) in [6.45, 7) is 0. The van der Waals surface area contributed by atoms with Gasteiger partial charge in [0.2, 0.25) is 0 Å². The molecule has 0 saturated heterocycles. The maximum Gasteiger partial charge on any atom is 0.354 e. The third-order valence-electron chi connectivity index (χ3n) is 1.77. The molecular formula is C8H4Cl2N2O2. The standard InChI is InChI=1S/C8H4Cl2N2O2/c9-4-1-7-11-2-6(8(13)14)12(7)3-5(4)10/h1-3H,(H,13,14). The van der Waals surface area contributed by atoms with Crippen LogP contribution in [0.3, 0.4) is 0 Å². The number of carboxylic acid groups (broad SMARTS) is 1. The highest BCUT2D eigenvalue weighted by molar-refractivity contribution is 6.42. The minimum Gasteiger partial charge on any atom is -0.477 e. The van der Waals surface area contributed by atoms with E-state index in [-0.39, 0.29) is 5.69 Å². The number of aromatic nitrogens is 2. The third kappa shape index (κ3) is 1.32. The van der Waals surface area contributed by atoms with Crippen LogP contribution in [0.4, 0.5) is 0 Å². The van der Waals surface area contributed by atoms with Crippen molar-refractivity contribution in [3.05, 3.63) is 34.2 Å². The Morgan fingerprint density at radius 2 is 2.14 bits per heavy atom. The van der Waals surface area contributed by atoms with Crippen LogP contribution in [-0.4, -0.2) is 20.5 Å². The highest BCUT2D eigenvalue weighted by Gasteiger charge is 2.11. The van der Waals surface area contributed by atoms with Crippen molar-refractivity contribution in [1.82, 2.24) is 9.38 Å².